The molecule has 1 rings (SSSR count). The van der Waals surface area contributed by atoms with E-state index in [4.69, 9.17) is 5.11 Å². The third-order valence-corrected chi connectivity index (χ3v) is 2.52. The normalized spacial score (nSPS) is 10.2. The lowest BCUT2D eigenvalue weighted by molar-refractivity contribution is -0.137. The molecule has 0 heterocycles. The van der Waals surface area contributed by atoms with Gasteiger partial charge < -0.3 is 10.0 Å². The Labute approximate surface area is 113 Å². The average molecular weight is 276 g/mol. The Balaban J connectivity index is 0.00000289. The molecule has 0 unspecified atom stereocenters. The molecule has 0 atom stereocenters. The van der Waals surface area contributed by atoms with Crippen molar-refractivity contribution in [1.82, 2.24) is 4.90 Å². The maximum absolute atomic E-state index is 12.9. The minimum Gasteiger partial charge on any atom is -0.481 e. The molecule has 1 N–H and O–H groups in total. The van der Waals surface area contributed by atoms with E-state index >= 15 is 0 Å². The van der Waals surface area contributed by atoms with Crippen LogP contribution >= 0.6 is 12.4 Å². The van der Waals surface area contributed by atoms with Crippen molar-refractivity contribution in [3.63, 3.8) is 0 Å². The lowest BCUT2D eigenvalue weighted by atomic mass is 10.2. The van der Waals surface area contributed by atoms with Gasteiger partial charge in [0.25, 0.3) is 0 Å². The Bertz CT molecular complexity index is 374. The summed E-state index contributed by atoms with van der Waals surface area (Å²) in [6.07, 6.45) is 1.74. The molecule has 0 aliphatic rings. The quantitative estimate of drug-likeness (QED) is 0.778. The van der Waals surface area contributed by atoms with Crippen LogP contribution in [0.3, 0.4) is 0 Å². The lowest BCUT2D eigenvalue weighted by Gasteiger charge is -2.16. The van der Waals surface area contributed by atoms with Gasteiger partial charge in [0.2, 0.25) is 0 Å². The van der Waals surface area contributed by atoms with Crippen LogP contribution in [0.1, 0.15) is 24.8 Å². The summed E-state index contributed by atoms with van der Waals surface area (Å²) in [7, 11) is 1.95. The summed E-state index contributed by atoms with van der Waals surface area (Å²) in [5.41, 5.74) is 0.936. The standard InChI is InChI=1S/C13H18FNO2.ClH/c1-15(8-3-2-7-13(16)17)10-11-5-4-6-12(14)9-11;/h4-6,9H,2-3,7-8,10H2,1H3,(H,16,17);1H. The number of carboxylic acids is 1. The molecule has 3 nitrogen and oxygen atoms in total. The zero-order valence-electron chi connectivity index (χ0n) is 10.4. The van der Waals surface area contributed by atoms with Crippen LogP contribution in [0.25, 0.3) is 0 Å². The molecular formula is C13H19ClFNO2. The Morgan fingerprint density at radius 1 is 1.39 bits per heavy atom. The fourth-order valence-electron chi connectivity index (χ4n) is 1.68. The molecule has 0 aliphatic carbocycles. The van der Waals surface area contributed by atoms with Crippen LogP contribution in [0.4, 0.5) is 4.39 Å². The van der Waals surface area contributed by atoms with E-state index in [-0.39, 0.29) is 24.6 Å². The Morgan fingerprint density at radius 3 is 2.72 bits per heavy atom. The first-order valence-corrected chi connectivity index (χ1v) is 5.72. The maximum atomic E-state index is 12.9. The molecule has 0 bridgehead atoms. The van der Waals surface area contributed by atoms with E-state index in [1.807, 2.05) is 13.1 Å². The third-order valence-electron chi connectivity index (χ3n) is 2.52. The summed E-state index contributed by atoms with van der Waals surface area (Å²) >= 11 is 0. The zero-order valence-corrected chi connectivity index (χ0v) is 11.3. The van der Waals surface area contributed by atoms with Gasteiger partial charge in [0.1, 0.15) is 5.82 Å². The highest BCUT2D eigenvalue weighted by atomic mass is 35.5. The van der Waals surface area contributed by atoms with E-state index in [1.165, 1.54) is 12.1 Å². The highest BCUT2D eigenvalue weighted by Gasteiger charge is 2.02. The highest BCUT2D eigenvalue weighted by Crippen LogP contribution is 2.07. The number of unbranched alkanes of at least 4 members (excludes halogenated alkanes) is 1. The Kier molecular flexibility index (Phi) is 8.33. The number of benzene rings is 1. The summed E-state index contributed by atoms with van der Waals surface area (Å²) in [6.45, 7) is 1.51. The van der Waals surface area contributed by atoms with Gasteiger partial charge in [-0.3, -0.25) is 4.79 Å². The number of carboxylic acid groups (broad SMARTS) is 1. The number of aliphatic carboxylic acids is 1. The van der Waals surface area contributed by atoms with Crippen molar-refractivity contribution in [3.05, 3.63) is 35.6 Å². The first-order chi connectivity index (χ1) is 8.08. The molecule has 102 valence electrons. The predicted molar refractivity (Wildman–Crippen MR) is 71.5 cm³/mol. The molecule has 18 heavy (non-hydrogen) atoms. The molecule has 0 saturated heterocycles. The van der Waals surface area contributed by atoms with Gasteiger partial charge in [-0.25, -0.2) is 4.39 Å². The van der Waals surface area contributed by atoms with E-state index in [2.05, 4.69) is 4.90 Å². The van der Waals surface area contributed by atoms with E-state index in [1.54, 1.807) is 6.07 Å². The van der Waals surface area contributed by atoms with E-state index < -0.39 is 5.97 Å². The first kappa shape index (κ1) is 16.9. The molecular weight excluding hydrogens is 257 g/mol. The van der Waals surface area contributed by atoms with Gasteiger partial charge >= 0.3 is 5.97 Å². The molecule has 0 radical (unpaired) electrons. The fourth-order valence-corrected chi connectivity index (χ4v) is 1.68. The number of hydrogen-bond acceptors (Lipinski definition) is 2. The van der Waals surface area contributed by atoms with Crippen molar-refractivity contribution in [2.75, 3.05) is 13.6 Å². The van der Waals surface area contributed by atoms with Gasteiger partial charge in [-0.05, 0) is 44.1 Å². The smallest absolute Gasteiger partial charge is 0.303 e. The second-order valence-electron chi connectivity index (χ2n) is 4.22. The molecule has 0 fully saturated rings. The van der Waals surface area contributed by atoms with Gasteiger partial charge in [-0.2, -0.15) is 0 Å². The van der Waals surface area contributed by atoms with Crippen LogP contribution in [0, 0.1) is 5.82 Å². The van der Waals surface area contributed by atoms with Crippen LogP contribution in [-0.4, -0.2) is 29.6 Å². The molecule has 1 aromatic rings. The SMILES string of the molecule is CN(CCCCC(=O)O)Cc1cccc(F)c1.Cl. The van der Waals surface area contributed by atoms with E-state index in [0.717, 1.165) is 18.5 Å². The number of nitrogens with zero attached hydrogens (tertiary/aromatic N) is 1. The van der Waals surface area contributed by atoms with E-state index in [9.17, 15) is 9.18 Å². The van der Waals surface area contributed by atoms with Crippen molar-refractivity contribution >= 4 is 18.4 Å². The largest absolute Gasteiger partial charge is 0.481 e. The third kappa shape index (κ3) is 7.25. The summed E-state index contributed by atoms with van der Waals surface area (Å²) in [6, 6.07) is 6.53. The van der Waals surface area contributed by atoms with Crippen LogP contribution in [0.2, 0.25) is 0 Å². The zero-order chi connectivity index (χ0) is 12.7. The average Bonchev–Trinajstić information content (AvgIpc) is 2.24. The molecule has 5 heteroatoms. The topological polar surface area (TPSA) is 40.5 Å². The van der Waals surface area contributed by atoms with Crippen LogP contribution in [0.5, 0.6) is 0 Å². The summed E-state index contributed by atoms with van der Waals surface area (Å²) in [5, 5.41) is 8.49. The van der Waals surface area contributed by atoms with Crippen molar-refractivity contribution < 1.29 is 14.3 Å². The lowest BCUT2D eigenvalue weighted by Crippen LogP contribution is -2.19. The van der Waals surface area contributed by atoms with Crippen molar-refractivity contribution in [3.8, 4) is 0 Å². The molecule has 0 spiro atoms. The van der Waals surface area contributed by atoms with Crippen molar-refractivity contribution in [1.29, 1.82) is 0 Å². The van der Waals surface area contributed by atoms with E-state index in [0.29, 0.717) is 13.0 Å². The van der Waals surface area contributed by atoms with Crippen molar-refractivity contribution in [2.45, 2.75) is 25.8 Å². The minimum atomic E-state index is -0.752. The molecule has 0 aliphatic heterocycles. The summed E-state index contributed by atoms with van der Waals surface area (Å²) in [5.74, 6) is -0.973. The van der Waals surface area contributed by atoms with Crippen molar-refractivity contribution in [2.24, 2.45) is 0 Å². The number of hydrogen-bond donors (Lipinski definition) is 1. The van der Waals surface area contributed by atoms with Gasteiger partial charge in [-0.1, -0.05) is 12.1 Å². The second kappa shape index (κ2) is 8.89. The first-order valence-electron chi connectivity index (χ1n) is 5.72. The maximum Gasteiger partial charge on any atom is 0.303 e. The monoisotopic (exact) mass is 275 g/mol. The predicted octanol–water partition coefficient (Wildman–Crippen LogP) is 2.93. The molecule has 0 aromatic heterocycles. The molecule has 0 amide bonds. The van der Waals surface area contributed by atoms with Gasteiger partial charge in [0.15, 0.2) is 0 Å². The number of rotatable bonds is 7. The van der Waals surface area contributed by atoms with Crippen LogP contribution in [-0.2, 0) is 11.3 Å². The minimum absolute atomic E-state index is 0. The molecule has 0 saturated carbocycles. The number of halogens is 2. The Hall–Kier alpha value is -1.13. The summed E-state index contributed by atoms with van der Waals surface area (Å²) < 4.78 is 12.9. The molecule has 1 aromatic carbocycles. The van der Waals surface area contributed by atoms with Gasteiger partial charge in [0.05, 0.1) is 0 Å². The fraction of sp³-hybridized carbons (Fsp3) is 0.462. The second-order valence-corrected chi connectivity index (χ2v) is 4.22. The van der Waals surface area contributed by atoms with Gasteiger partial charge in [0, 0.05) is 13.0 Å². The highest BCUT2D eigenvalue weighted by molar-refractivity contribution is 5.85. The van der Waals surface area contributed by atoms with Gasteiger partial charge in [-0.15, -0.1) is 12.4 Å². The Morgan fingerprint density at radius 2 is 2.11 bits per heavy atom. The summed E-state index contributed by atoms with van der Waals surface area (Å²) in [4.78, 5) is 12.4. The van der Waals surface area contributed by atoms with Crippen LogP contribution in [0.15, 0.2) is 24.3 Å². The number of carbonyl (C=O) groups is 1. The van der Waals surface area contributed by atoms with Crippen LogP contribution < -0.4 is 0 Å².